The maximum absolute atomic E-state index is 6.07. The van der Waals surface area contributed by atoms with Crippen LogP contribution in [-0.2, 0) is 19.6 Å². The van der Waals surface area contributed by atoms with Crippen LogP contribution in [0.25, 0.3) is 0 Å². The summed E-state index contributed by atoms with van der Waals surface area (Å²) >= 11 is 12.0. The van der Waals surface area contributed by atoms with Gasteiger partial charge in [-0.15, -0.1) is 0 Å². The van der Waals surface area contributed by atoms with E-state index in [1.807, 2.05) is 42.5 Å². The van der Waals surface area contributed by atoms with Crippen molar-refractivity contribution in [2.24, 2.45) is 0 Å². The lowest BCUT2D eigenvalue weighted by Gasteiger charge is -2.13. The summed E-state index contributed by atoms with van der Waals surface area (Å²) in [5.41, 5.74) is 3.25. The zero-order valence-electron chi connectivity index (χ0n) is 17.1. The van der Waals surface area contributed by atoms with Crippen LogP contribution in [0, 0.1) is 0 Å². The summed E-state index contributed by atoms with van der Waals surface area (Å²) < 4.78 is 16.8. The number of rotatable bonds is 10. The molecule has 0 unspecified atom stereocenters. The van der Waals surface area contributed by atoms with E-state index in [0.29, 0.717) is 28.2 Å². The van der Waals surface area contributed by atoms with Crippen LogP contribution >= 0.6 is 23.2 Å². The second-order valence-electron chi connectivity index (χ2n) is 6.76. The van der Waals surface area contributed by atoms with Crippen LogP contribution in [-0.4, -0.2) is 20.8 Å². The fourth-order valence-corrected chi connectivity index (χ4v) is 3.42. The van der Waals surface area contributed by atoms with Gasteiger partial charge in [-0.2, -0.15) is 0 Å². The maximum atomic E-state index is 6.07. The number of benzene rings is 3. The Hall–Kier alpha value is -2.40. The van der Waals surface area contributed by atoms with Crippen LogP contribution < -0.4 is 19.5 Å². The molecule has 1 N–H and O–H groups in total. The van der Waals surface area contributed by atoms with Gasteiger partial charge in [-0.05, 0) is 60.0 Å². The van der Waals surface area contributed by atoms with Gasteiger partial charge in [-0.3, -0.25) is 0 Å². The Morgan fingerprint density at radius 1 is 0.767 bits per heavy atom. The van der Waals surface area contributed by atoms with Crippen LogP contribution in [0.4, 0.5) is 0 Å². The van der Waals surface area contributed by atoms with Gasteiger partial charge in [0.1, 0.15) is 12.4 Å². The summed E-state index contributed by atoms with van der Waals surface area (Å²) in [5.74, 6) is 2.30. The van der Waals surface area contributed by atoms with Crippen molar-refractivity contribution >= 4 is 23.2 Å². The average Bonchev–Trinajstić information content (AvgIpc) is 2.78. The minimum absolute atomic E-state index is 0.379. The number of halogens is 2. The van der Waals surface area contributed by atoms with Crippen LogP contribution in [0.3, 0.4) is 0 Å². The van der Waals surface area contributed by atoms with Gasteiger partial charge >= 0.3 is 0 Å². The second kappa shape index (κ2) is 11.1. The number of para-hydroxylation sites is 1. The Bertz CT molecular complexity index is 978. The molecule has 0 spiro atoms. The first kappa shape index (κ1) is 22.3. The maximum Gasteiger partial charge on any atom is 0.161 e. The molecular weight excluding hydrogens is 421 g/mol. The molecule has 0 atom stereocenters. The SMILES string of the molecule is COc1ccccc1CCNCc1ccc(OCc2ccc(Cl)c(Cl)c2)c(OC)c1. The highest BCUT2D eigenvalue weighted by atomic mass is 35.5. The molecule has 0 bridgehead atoms. The third-order valence-corrected chi connectivity index (χ3v) is 5.44. The van der Waals surface area contributed by atoms with Gasteiger partial charge < -0.3 is 19.5 Å². The van der Waals surface area contributed by atoms with E-state index in [9.17, 15) is 0 Å². The van der Waals surface area contributed by atoms with E-state index in [-0.39, 0.29) is 0 Å². The Morgan fingerprint density at radius 2 is 1.53 bits per heavy atom. The van der Waals surface area contributed by atoms with Gasteiger partial charge in [0.25, 0.3) is 0 Å². The Balaban J connectivity index is 1.53. The van der Waals surface area contributed by atoms with Crippen molar-refractivity contribution in [3.8, 4) is 17.2 Å². The summed E-state index contributed by atoms with van der Waals surface area (Å²) in [7, 11) is 3.34. The number of hydrogen-bond donors (Lipinski definition) is 1. The van der Waals surface area contributed by atoms with Gasteiger partial charge in [0.05, 0.1) is 24.3 Å². The molecule has 0 aliphatic rings. The monoisotopic (exact) mass is 445 g/mol. The van der Waals surface area contributed by atoms with E-state index in [2.05, 4.69) is 11.4 Å². The van der Waals surface area contributed by atoms with Gasteiger partial charge in [-0.25, -0.2) is 0 Å². The zero-order valence-corrected chi connectivity index (χ0v) is 18.6. The van der Waals surface area contributed by atoms with E-state index in [0.717, 1.165) is 36.4 Å². The smallest absolute Gasteiger partial charge is 0.161 e. The summed E-state index contributed by atoms with van der Waals surface area (Å²) in [6.07, 6.45) is 0.895. The van der Waals surface area contributed by atoms with Crippen LogP contribution in [0.5, 0.6) is 17.2 Å². The molecule has 0 aromatic heterocycles. The van der Waals surface area contributed by atoms with Crippen molar-refractivity contribution < 1.29 is 14.2 Å². The zero-order chi connectivity index (χ0) is 21.3. The summed E-state index contributed by atoms with van der Waals surface area (Å²) in [5, 5.41) is 4.50. The second-order valence-corrected chi connectivity index (χ2v) is 7.58. The number of ether oxygens (including phenoxy) is 3. The van der Waals surface area contributed by atoms with Crippen LogP contribution in [0.15, 0.2) is 60.7 Å². The van der Waals surface area contributed by atoms with Gasteiger partial charge in [-0.1, -0.05) is 53.5 Å². The minimum atomic E-state index is 0.379. The molecule has 0 saturated heterocycles. The molecule has 3 aromatic carbocycles. The molecule has 0 amide bonds. The molecule has 0 aliphatic carbocycles. The lowest BCUT2D eigenvalue weighted by atomic mass is 10.1. The highest BCUT2D eigenvalue weighted by Gasteiger charge is 2.08. The fourth-order valence-electron chi connectivity index (χ4n) is 3.10. The molecule has 0 saturated carbocycles. The molecule has 158 valence electrons. The fraction of sp³-hybridized carbons (Fsp3) is 0.250. The third kappa shape index (κ3) is 6.05. The molecule has 0 fully saturated rings. The Morgan fingerprint density at radius 3 is 2.30 bits per heavy atom. The number of methoxy groups -OCH3 is 2. The Kier molecular flexibility index (Phi) is 8.26. The van der Waals surface area contributed by atoms with Gasteiger partial charge in [0.2, 0.25) is 0 Å². The standard InChI is InChI=1S/C24H25Cl2NO3/c1-28-22-6-4-3-5-19(22)11-12-27-15-17-8-10-23(24(14-17)29-2)30-16-18-7-9-20(25)21(26)13-18/h3-10,13-14,27H,11-12,15-16H2,1-2H3. The lowest BCUT2D eigenvalue weighted by molar-refractivity contribution is 0.284. The van der Waals surface area contributed by atoms with E-state index >= 15 is 0 Å². The normalized spacial score (nSPS) is 10.7. The lowest BCUT2D eigenvalue weighted by Crippen LogP contribution is -2.17. The molecule has 4 nitrogen and oxygen atoms in total. The van der Waals surface area contributed by atoms with Crippen LogP contribution in [0.2, 0.25) is 10.0 Å². The summed E-state index contributed by atoms with van der Waals surface area (Å²) in [6.45, 7) is 1.96. The molecule has 0 radical (unpaired) electrons. The quantitative estimate of drug-likeness (QED) is 0.393. The third-order valence-electron chi connectivity index (χ3n) is 4.70. The van der Waals surface area contributed by atoms with E-state index in [1.54, 1.807) is 26.4 Å². The van der Waals surface area contributed by atoms with Gasteiger partial charge in [0, 0.05) is 6.54 Å². The summed E-state index contributed by atoms with van der Waals surface area (Å²) in [6, 6.07) is 19.5. The van der Waals surface area contributed by atoms with Crippen molar-refractivity contribution in [2.45, 2.75) is 19.6 Å². The molecule has 6 heteroatoms. The Labute approximate surface area is 187 Å². The topological polar surface area (TPSA) is 39.7 Å². The number of hydrogen-bond acceptors (Lipinski definition) is 4. The first-order valence-corrected chi connectivity index (χ1v) is 10.4. The van der Waals surface area contributed by atoms with Crippen molar-refractivity contribution in [2.75, 3.05) is 20.8 Å². The van der Waals surface area contributed by atoms with Gasteiger partial charge in [0.15, 0.2) is 11.5 Å². The van der Waals surface area contributed by atoms with E-state index < -0.39 is 0 Å². The molecular formula is C24H25Cl2NO3. The first-order valence-electron chi connectivity index (χ1n) is 9.67. The van der Waals surface area contributed by atoms with E-state index in [1.165, 1.54) is 5.56 Å². The van der Waals surface area contributed by atoms with Crippen molar-refractivity contribution in [1.29, 1.82) is 0 Å². The summed E-state index contributed by atoms with van der Waals surface area (Å²) in [4.78, 5) is 0. The molecule has 3 rings (SSSR count). The predicted octanol–water partition coefficient (Wildman–Crippen LogP) is 5.92. The van der Waals surface area contributed by atoms with Crippen molar-refractivity contribution in [3.05, 3.63) is 87.4 Å². The predicted molar refractivity (Wildman–Crippen MR) is 122 cm³/mol. The molecule has 3 aromatic rings. The highest BCUT2D eigenvalue weighted by Crippen LogP contribution is 2.30. The highest BCUT2D eigenvalue weighted by molar-refractivity contribution is 6.42. The molecule has 30 heavy (non-hydrogen) atoms. The minimum Gasteiger partial charge on any atom is -0.496 e. The molecule has 0 heterocycles. The van der Waals surface area contributed by atoms with Crippen molar-refractivity contribution in [3.63, 3.8) is 0 Å². The first-order chi connectivity index (χ1) is 14.6. The van der Waals surface area contributed by atoms with Crippen LogP contribution in [0.1, 0.15) is 16.7 Å². The van der Waals surface area contributed by atoms with Crippen molar-refractivity contribution in [1.82, 2.24) is 5.32 Å². The average molecular weight is 446 g/mol. The largest absolute Gasteiger partial charge is 0.496 e. The molecule has 0 aliphatic heterocycles. The number of nitrogens with one attached hydrogen (secondary N) is 1. The van der Waals surface area contributed by atoms with E-state index in [4.69, 9.17) is 37.4 Å².